The first-order valence-corrected chi connectivity index (χ1v) is 6.11. The number of aliphatic hydroxyl groups is 1. The number of ether oxygens (including phenoxy) is 1. The van der Waals surface area contributed by atoms with Crippen molar-refractivity contribution < 1.29 is 19.0 Å². The van der Waals surface area contributed by atoms with E-state index in [9.17, 15) is 9.18 Å². The second-order valence-electron chi connectivity index (χ2n) is 5.42. The number of carbonyl (C=O) groups is 1. The van der Waals surface area contributed by atoms with Crippen LogP contribution >= 0.6 is 0 Å². The normalized spacial score (nSPS) is 12.9. The Morgan fingerprint density at radius 1 is 1.47 bits per heavy atom. The lowest BCUT2D eigenvalue weighted by molar-refractivity contribution is -0.128. The maximum absolute atomic E-state index is 13.6. The SMILES string of the molecule is CC(Oc1ccc(CO)cc1F)C(=O)NC(C)(C)C. The standard InChI is InChI=1S/C14H20FNO3/c1-9(13(18)16-14(2,3)4)19-12-6-5-10(8-17)7-11(12)15/h5-7,9,17H,8H2,1-4H3,(H,16,18). The molecule has 1 rings (SSSR count). The van der Waals surface area contributed by atoms with Crippen molar-refractivity contribution in [3.8, 4) is 5.75 Å². The summed E-state index contributed by atoms with van der Waals surface area (Å²) in [6, 6.07) is 4.14. The number of amides is 1. The number of carbonyl (C=O) groups excluding carboxylic acids is 1. The molecule has 0 radical (unpaired) electrons. The van der Waals surface area contributed by atoms with Gasteiger partial charge in [-0.15, -0.1) is 0 Å². The number of hydrogen-bond acceptors (Lipinski definition) is 3. The lowest BCUT2D eigenvalue weighted by Gasteiger charge is -2.23. The van der Waals surface area contributed by atoms with E-state index < -0.39 is 11.9 Å². The van der Waals surface area contributed by atoms with Crippen molar-refractivity contribution in [2.45, 2.75) is 45.9 Å². The molecule has 4 nitrogen and oxygen atoms in total. The fourth-order valence-electron chi connectivity index (χ4n) is 1.45. The highest BCUT2D eigenvalue weighted by Gasteiger charge is 2.21. The summed E-state index contributed by atoms with van der Waals surface area (Å²) in [6.07, 6.45) is -0.797. The molecular weight excluding hydrogens is 249 g/mol. The van der Waals surface area contributed by atoms with Crippen LogP contribution in [0.4, 0.5) is 4.39 Å². The van der Waals surface area contributed by atoms with Gasteiger partial charge in [0.05, 0.1) is 6.61 Å². The smallest absolute Gasteiger partial charge is 0.261 e. The summed E-state index contributed by atoms with van der Waals surface area (Å²) >= 11 is 0. The molecule has 1 aromatic rings. The summed E-state index contributed by atoms with van der Waals surface area (Å²) < 4.78 is 18.9. The van der Waals surface area contributed by atoms with Crippen LogP contribution in [0.3, 0.4) is 0 Å². The summed E-state index contributed by atoms with van der Waals surface area (Å²) in [7, 11) is 0. The summed E-state index contributed by atoms with van der Waals surface area (Å²) in [5.41, 5.74) is 0.0882. The molecule has 0 saturated carbocycles. The van der Waals surface area contributed by atoms with Gasteiger partial charge in [0.15, 0.2) is 17.7 Å². The third-order valence-electron chi connectivity index (χ3n) is 2.35. The molecule has 1 unspecified atom stereocenters. The van der Waals surface area contributed by atoms with Gasteiger partial charge in [-0.25, -0.2) is 4.39 Å². The fourth-order valence-corrected chi connectivity index (χ4v) is 1.45. The molecule has 1 aromatic carbocycles. The van der Waals surface area contributed by atoms with Gasteiger partial charge in [0.2, 0.25) is 0 Å². The van der Waals surface area contributed by atoms with Crippen LogP contribution in [0, 0.1) is 5.82 Å². The molecule has 0 spiro atoms. The van der Waals surface area contributed by atoms with Crippen molar-refractivity contribution in [2.24, 2.45) is 0 Å². The molecule has 0 heterocycles. The maximum atomic E-state index is 13.6. The van der Waals surface area contributed by atoms with E-state index in [0.29, 0.717) is 5.56 Å². The number of halogens is 1. The first-order valence-electron chi connectivity index (χ1n) is 6.11. The molecule has 0 aliphatic rings. The zero-order valence-electron chi connectivity index (χ0n) is 11.7. The average Bonchev–Trinajstić information content (AvgIpc) is 2.29. The minimum absolute atomic E-state index is 0.00578. The van der Waals surface area contributed by atoms with Crippen molar-refractivity contribution in [1.29, 1.82) is 0 Å². The van der Waals surface area contributed by atoms with E-state index in [-0.39, 0.29) is 23.8 Å². The second-order valence-corrected chi connectivity index (χ2v) is 5.42. The molecule has 106 valence electrons. The number of nitrogens with one attached hydrogen (secondary N) is 1. The van der Waals surface area contributed by atoms with Crippen LogP contribution in [-0.2, 0) is 11.4 Å². The highest BCUT2D eigenvalue weighted by atomic mass is 19.1. The van der Waals surface area contributed by atoms with Crippen molar-refractivity contribution >= 4 is 5.91 Å². The Bertz CT molecular complexity index is 454. The second kappa shape index (κ2) is 6.02. The molecule has 5 heteroatoms. The van der Waals surface area contributed by atoms with E-state index in [0.717, 1.165) is 0 Å². The largest absolute Gasteiger partial charge is 0.478 e. The van der Waals surface area contributed by atoms with Gasteiger partial charge < -0.3 is 15.2 Å². The Morgan fingerprint density at radius 3 is 2.58 bits per heavy atom. The van der Waals surface area contributed by atoms with Crippen molar-refractivity contribution in [3.63, 3.8) is 0 Å². The van der Waals surface area contributed by atoms with Gasteiger partial charge >= 0.3 is 0 Å². The number of rotatable bonds is 4. The van der Waals surface area contributed by atoms with Gasteiger partial charge in [0, 0.05) is 5.54 Å². The van der Waals surface area contributed by atoms with Crippen molar-refractivity contribution in [3.05, 3.63) is 29.6 Å². The Labute approximate surface area is 112 Å². The van der Waals surface area contributed by atoms with Crippen LogP contribution in [0.2, 0.25) is 0 Å². The van der Waals surface area contributed by atoms with Crippen LogP contribution in [0.15, 0.2) is 18.2 Å². The van der Waals surface area contributed by atoms with Crippen LogP contribution in [0.25, 0.3) is 0 Å². The molecule has 19 heavy (non-hydrogen) atoms. The van der Waals surface area contributed by atoms with Gasteiger partial charge in [0.1, 0.15) is 0 Å². The Kier molecular flexibility index (Phi) is 4.89. The molecule has 2 N–H and O–H groups in total. The maximum Gasteiger partial charge on any atom is 0.261 e. The predicted molar refractivity (Wildman–Crippen MR) is 70.3 cm³/mol. The van der Waals surface area contributed by atoms with Crippen molar-refractivity contribution in [2.75, 3.05) is 0 Å². The van der Waals surface area contributed by atoms with Gasteiger partial charge in [0.25, 0.3) is 5.91 Å². The lowest BCUT2D eigenvalue weighted by Crippen LogP contribution is -2.46. The highest BCUT2D eigenvalue weighted by Crippen LogP contribution is 2.20. The zero-order valence-corrected chi connectivity index (χ0v) is 11.7. The van der Waals surface area contributed by atoms with Crippen LogP contribution < -0.4 is 10.1 Å². The Hall–Kier alpha value is -1.62. The van der Waals surface area contributed by atoms with Crippen LogP contribution in [0.1, 0.15) is 33.3 Å². The molecule has 0 aromatic heterocycles. The predicted octanol–water partition coefficient (Wildman–Crippen LogP) is 2.00. The number of benzene rings is 1. The van der Waals surface area contributed by atoms with Crippen molar-refractivity contribution in [1.82, 2.24) is 5.32 Å². The average molecular weight is 269 g/mol. The van der Waals surface area contributed by atoms with E-state index in [1.807, 2.05) is 20.8 Å². The Balaban J connectivity index is 2.71. The van der Waals surface area contributed by atoms with E-state index in [4.69, 9.17) is 9.84 Å². The van der Waals surface area contributed by atoms with Gasteiger partial charge in [-0.2, -0.15) is 0 Å². The van der Waals surface area contributed by atoms with E-state index in [1.165, 1.54) is 12.1 Å². The van der Waals surface area contributed by atoms with Crippen LogP contribution in [-0.4, -0.2) is 22.7 Å². The van der Waals surface area contributed by atoms with E-state index >= 15 is 0 Å². The first kappa shape index (κ1) is 15.4. The third kappa shape index (κ3) is 4.87. The minimum atomic E-state index is -0.797. The Morgan fingerprint density at radius 2 is 2.11 bits per heavy atom. The molecule has 1 amide bonds. The monoisotopic (exact) mass is 269 g/mol. The van der Waals surface area contributed by atoms with Gasteiger partial charge in [-0.3, -0.25) is 4.79 Å². The summed E-state index contributed by atoms with van der Waals surface area (Å²) in [5, 5.41) is 11.6. The molecular formula is C14H20FNO3. The summed E-state index contributed by atoms with van der Waals surface area (Å²) in [4.78, 5) is 11.8. The molecule has 1 atom stereocenters. The quantitative estimate of drug-likeness (QED) is 0.879. The molecule has 0 saturated heterocycles. The summed E-state index contributed by atoms with van der Waals surface area (Å²) in [5.74, 6) is -0.908. The van der Waals surface area contributed by atoms with Crippen LogP contribution in [0.5, 0.6) is 5.75 Å². The number of aliphatic hydroxyl groups excluding tert-OH is 1. The molecule has 0 aliphatic heterocycles. The molecule has 0 aliphatic carbocycles. The third-order valence-corrected chi connectivity index (χ3v) is 2.35. The summed E-state index contributed by atoms with van der Waals surface area (Å²) in [6.45, 7) is 6.88. The highest BCUT2D eigenvalue weighted by molar-refractivity contribution is 5.81. The van der Waals surface area contributed by atoms with E-state index in [1.54, 1.807) is 13.0 Å². The fraction of sp³-hybridized carbons (Fsp3) is 0.500. The zero-order chi connectivity index (χ0) is 14.6. The minimum Gasteiger partial charge on any atom is -0.478 e. The molecule has 0 fully saturated rings. The lowest BCUT2D eigenvalue weighted by atomic mass is 10.1. The van der Waals surface area contributed by atoms with E-state index in [2.05, 4.69) is 5.32 Å². The van der Waals surface area contributed by atoms with Gasteiger partial charge in [-0.1, -0.05) is 6.07 Å². The number of hydrogen-bond donors (Lipinski definition) is 2. The van der Waals surface area contributed by atoms with Gasteiger partial charge in [-0.05, 0) is 45.4 Å². The topological polar surface area (TPSA) is 58.6 Å². The molecule has 0 bridgehead atoms. The first-order chi connectivity index (χ1) is 8.73.